The van der Waals surface area contributed by atoms with Crippen molar-refractivity contribution >= 4 is 39.1 Å². The Bertz CT molecular complexity index is 1170. The van der Waals surface area contributed by atoms with Gasteiger partial charge in [-0.1, -0.05) is 50.1 Å². The molecule has 0 bridgehead atoms. The van der Waals surface area contributed by atoms with Gasteiger partial charge in [-0.05, 0) is 36.6 Å². The number of nitrogens with one attached hydrogen (secondary N) is 1. The van der Waals surface area contributed by atoms with Crippen molar-refractivity contribution in [2.75, 3.05) is 37.9 Å². The quantitative estimate of drug-likeness (QED) is 0.356. The third-order valence-corrected chi connectivity index (χ3v) is 7.36. The molecule has 2 amide bonds. The summed E-state index contributed by atoms with van der Waals surface area (Å²) in [6.07, 6.45) is 3.07. The SMILES string of the molecule is CCCCNC(=O)C(CC)N(Cc1ccccc1Cl)C(=O)CN(c1ccc(OC)c(OC)c1)S(C)(=O)=O. The summed E-state index contributed by atoms with van der Waals surface area (Å²) in [5, 5.41) is 3.33. The number of halogens is 1. The van der Waals surface area contributed by atoms with Gasteiger partial charge in [-0.3, -0.25) is 13.9 Å². The highest BCUT2D eigenvalue weighted by atomic mass is 35.5. The molecule has 11 heteroatoms. The molecule has 0 radical (unpaired) electrons. The van der Waals surface area contributed by atoms with Gasteiger partial charge in [-0.2, -0.15) is 0 Å². The summed E-state index contributed by atoms with van der Waals surface area (Å²) >= 11 is 6.37. The summed E-state index contributed by atoms with van der Waals surface area (Å²) in [5.41, 5.74) is 0.876. The predicted octanol–water partition coefficient (Wildman–Crippen LogP) is 3.85. The third-order valence-electron chi connectivity index (χ3n) is 5.85. The van der Waals surface area contributed by atoms with Crippen LogP contribution >= 0.6 is 11.6 Å². The van der Waals surface area contributed by atoms with Gasteiger partial charge in [0, 0.05) is 24.2 Å². The zero-order valence-electron chi connectivity index (χ0n) is 22.0. The lowest BCUT2D eigenvalue weighted by atomic mass is 10.1. The number of rotatable bonds is 14. The zero-order valence-corrected chi connectivity index (χ0v) is 23.6. The number of benzene rings is 2. The normalized spacial score (nSPS) is 11.9. The first-order valence-corrected chi connectivity index (χ1v) is 14.3. The Balaban J connectivity index is 2.46. The Labute approximate surface area is 224 Å². The van der Waals surface area contributed by atoms with E-state index in [9.17, 15) is 18.0 Å². The summed E-state index contributed by atoms with van der Waals surface area (Å²) in [5.74, 6) is -0.108. The number of carbonyl (C=O) groups is 2. The molecule has 37 heavy (non-hydrogen) atoms. The molecular weight excluding hydrogens is 518 g/mol. The van der Waals surface area contributed by atoms with E-state index in [2.05, 4.69) is 5.32 Å². The van der Waals surface area contributed by atoms with E-state index in [0.717, 1.165) is 23.4 Å². The molecule has 2 aromatic carbocycles. The van der Waals surface area contributed by atoms with E-state index in [0.29, 0.717) is 35.1 Å². The van der Waals surface area contributed by atoms with Crippen LogP contribution in [0, 0.1) is 0 Å². The van der Waals surface area contributed by atoms with E-state index in [1.54, 1.807) is 37.3 Å². The van der Waals surface area contributed by atoms with E-state index in [4.69, 9.17) is 21.1 Å². The highest BCUT2D eigenvalue weighted by Crippen LogP contribution is 2.32. The van der Waals surface area contributed by atoms with Crippen molar-refractivity contribution in [3.63, 3.8) is 0 Å². The van der Waals surface area contributed by atoms with Gasteiger partial charge in [-0.15, -0.1) is 0 Å². The number of sulfonamides is 1. The molecule has 0 fully saturated rings. The number of hydrogen-bond acceptors (Lipinski definition) is 6. The van der Waals surface area contributed by atoms with Crippen molar-refractivity contribution in [2.45, 2.75) is 45.7 Å². The number of nitrogens with zero attached hydrogens (tertiary/aromatic N) is 2. The summed E-state index contributed by atoms with van der Waals surface area (Å²) in [4.78, 5) is 28.2. The van der Waals surface area contributed by atoms with Crippen LogP contribution in [0.2, 0.25) is 5.02 Å². The smallest absolute Gasteiger partial charge is 0.244 e. The summed E-state index contributed by atoms with van der Waals surface area (Å²) in [6, 6.07) is 10.8. The highest BCUT2D eigenvalue weighted by Gasteiger charge is 2.32. The van der Waals surface area contributed by atoms with Crippen LogP contribution in [0.4, 0.5) is 5.69 Å². The Hall–Kier alpha value is -2.98. The fourth-order valence-electron chi connectivity index (χ4n) is 3.83. The van der Waals surface area contributed by atoms with Gasteiger partial charge in [-0.25, -0.2) is 8.42 Å². The lowest BCUT2D eigenvalue weighted by Gasteiger charge is -2.33. The fourth-order valence-corrected chi connectivity index (χ4v) is 4.87. The van der Waals surface area contributed by atoms with Crippen molar-refractivity contribution in [2.24, 2.45) is 0 Å². The van der Waals surface area contributed by atoms with Crippen molar-refractivity contribution in [1.29, 1.82) is 0 Å². The minimum atomic E-state index is -3.88. The maximum absolute atomic E-state index is 13.7. The van der Waals surface area contributed by atoms with Gasteiger partial charge < -0.3 is 19.7 Å². The maximum Gasteiger partial charge on any atom is 0.244 e. The lowest BCUT2D eigenvalue weighted by molar-refractivity contribution is -0.140. The van der Waals surface area contributed by atoms with Crippen LogP contribution in [0.1, 0.15) is 38.7 Å². The fraction of sp³-hybridized carbons (Fsp3) is 0.462. The van der Waals surface area contributed by atoms with Gasteiger partial charge in [0.05, 0.1) is 26.2 Å². The maximum atomic E-state index is 13.7. The molecule has 1 N–H and O–H groups in total. The molecule has 0 aliphatic carbocycles. The Kier molecular flexibility index (Phi) is 11.5. The number of methoxy groups -OCH3 is 2. The molecule has 2 rings (SSSR count). The van der Waals surface area contributed by atoms with E-state index < -0.39 is 28.5 Å². The first-order valence-electron chi connectivity index (χ1n) is 12.1. The second kappa shape index (κ2) is 14.1. The van der Waals surface area contributed by atoms with Gasteiger partial charge >= 0.3 is 0 Å². The molecule has 0 spiro atoms. The molecule has 0 aliphatic rings. The molecule has 204 valence electrons. The molecule has 0 aliphatic heterocycles. The predicted molar refractivity (Wildman–Crippen MR) is 146 cm³/mol. The Morgan fingerprint density at radius 2 is 1.73 bits per heavy atom. The Morgan fingerprint density at radius 3 is 2.30 bits per heavy atom. The molecule has 0 saturated carbocycles. The first-order chi connectivity index (χ1) is 17.6. The van der Waals surface area contributed by atoms with Crippen LogP contribution in [0.15, 0.2) is 42.5 Å². The zero-order chi connectivity index (χ0) is 27.6. The molecule has 2 aromatic rings. The van der Waals surface area contributed by atoms with E-state index in [1.165, 1.54) is 31.3 Å². The Morgan fingerprint density at radius 1 is 1.05 bits per heavy atom. The third kappa shape index (κ3) is 8.26. The van der Waals surface area contributed by atoms with Crippen LogP contribution in [0.5, 0.6) is 11.5 Å². The molecule has 0 heterocycles. The second-order valence-corrected chi connectivity index (χ2v) is 10.8. The number of anilines is 1. The van der Waals surface area contributed by atoms with Gasteiger partial charge in [0.15, 0.2) is 11.5 Å². The standard InChI is InChI=1S/C26H36ClN3O6S/c1-6-8-15-28-26(32)22(7-2)29(17-19-11-9-10-12-21(19)27)25(31)18-30(37(5,33)34)20-13-14-23(35-3)24(16-20)36-4/h9-14,16,22H,6-8,15,17-18H2,1-5H3,(H,28,32). The average molecular weight is 554 g/mol. The molecule has 1 atom stereocenters. The van der Waals surface area contributed by atoms with Gasteiger partial charge in [0.1, 0.15) is 12.6 Å². The number of carbonyl (C=O) groups excluding carboxylic acids is 2. The largest absolute Gasteiger partial charge is 0.493 e. The van der Waals surface area contributed by atoms with Crippen LogP contribution in [-0.4, -0.2) is 64.7 Å². The molecule has 1 unspecified atom stereocenters. The van der Waals surface area contributed by atoms with E-state index >= 15 is 0 Å². The second-order valence-electron chi connectivity index (χ2n) is 8.49. The number of amides is 2. The number of hydrogen-bond donors (Lipinski definition) is 1. The minimum Gasteiger partial charge on any atom is -0.493 e. The number of ether oxygens (including phenoxy) is 2. The first kappa shape index (κ1) is 30.2. The minimum absolute atomic E-state index is 0.0434. The van der Waals surface area contributed by atoms with Crippen molar-refractivity contribution in [3.8, 4) is 11.5 Å². The van der Waals surface area contributed by atoms with E-state index in [-0.39, 0.29) is 18.1 Å². The summed E-state index contributed by atoms with van der Waals surface area (Å²) in [7, 11) is -0.972. The molecular formula is C26H36ClN3O6S. The summed E-state index contributed by atoms with van der Waals surface area (Å²) < 4.78 is 37.1. The lowest BCUT2D eigenvalue weighted by Crippen LogP contribution is -2.52. The molecule has 9 nitrogen and oxygen atoms in total. The van der Waals surface area contributed by atoms with Crippen LogP contribution < -0.4 is 19.1 Å². The topological polar surface area (TPSA) is 105 Å². The van der Waals surface area contributed by atoms with Gasteiger partial charge in [0.25, 0.3) is 0 Å². The average Bonchev–Trinajstić information content (AvgIpc) is 2.87. The molecule has 0 saturated heterocycles. The van der Waals surface area contributed by atoms with Crippen LogP contribution in [0.25, 0.3) is 0 Å². The van der Waals surface area contributed by atoms with Crippen molar-refractivity contribution in [1.82, 2.24) is 10.2 Å². The molecule has 0 aromatic heterocycles. The van der Waals surface area contributed by atoms with E-state index in [1.807, 2.05) is 6.92 Å². The van der Waals surface area contributed by atoms with Crippen LogP contribution in [0.3, 0.4) is 0 Å². The highest BCUT2D eigenvalue weighted by molar-refractivity contribution is 7.92. The van der Waals surface area contributed by atoms with Crippen molar-refractivity contribution < 1.29 is 27.5 Å². The summed E-state index contributed by atoms with van der Waals surface area (Å²) in [6.45, 7) is 3.84. The monoisotopic (exact) mass is 553 g/mol. The van der Waals surface area contributed by atoms with Crippen LogP contribution in [-0.2, 0) is 26.2 Å². The van der Waals surface area contributed by atoms with Crippen molar-refractivity contribution in [3.05, 3.63) is 53.1 Å². The van der Waals surface area contributed by atoms with Gasteiger partial charge in [0.2, 0.25) is 21.8 Å². The number of unbranched alkanes of at least 4 members (excludes halogenated alkanes) is 1.